The fraction of sp³-hybridized carbons (Fsp3) is 0.167. The van der Waals surface area contributed by atoms with Crippen LogP contribution in [0, 0.1) is 0 Å². The predicted molar refractivity (Wildman–Crippen MR) is 79.2 cm³/mol. The first-order valence-corrected chi connectivity index (χ1v) is 7.30. The summed E-state index contributed by atoms with van der Waals surface area (Å²) in [5.41, 5.74) is 5.14. The van der Waals surface area contributed by atoms with Crippen LogP contribution in [0.2, 0.25) is 0 Å². The van der Waals surface area contributed by atoms with Crippen molar-refractivity contribution in [1.29, 1.82) is 0 Å². The van der Waals surface area contributed by atoms with Gasteiger partial charge >= 0.3 is 0 Å². The highest BCUT2D eigenvalue weighted by Gasteiger charge is 2.23. The molecule has 118 valence electrons. The first-order chi connectivity index (χ1) is 11.1. The van der Waals surface area contributed by atoms with Crippen LogP contribution in [0.25, 0.3) is 0 Å². The fourth-order valence-electron chi connectivity index (χ4n) is 1.88. The van der Waals surface area contributed by atoms with Gasteiger partial charge in [-0.1, -0.05) is 0 Å². The summed E-state index contributed by atoms with van der Waals surface area (Å²) in [4.78, 5) is 43.1. The third-order valence-corrected chi connectivity index (χ3v) is 3.64. The highest BCUT2D eigenvalue weighted by molar-refractivity contribution is 7.07. The minimum atomic E-state index is -0.717. The van der Waals surface area contributed by atoms with Crippen molar-refractivity contribution in [1.82, 2.24) is 34.2 Å². The summed E-state index contributed by atoms with van der Waals surface area (Å²) in [6, 6.07) is 0. The number of imidazole rings is 2. The Kier molecular flexibility index (Phi) is 4.10. The number of hydrogen-bond donors (Lipinski definition) is 3. The quantitative estimate of drug-likeness (QED) is 0.575. The molecular weight excluding hydrogens is 320 g/mol. The largest absolute Gasteiger partial charge is 0.363 e. The number of H-pyrrole nitrogens is 2. The lowest BCUT2D eigenvalue weighted by Crippen LogP contribution is -2.32. The number of amides is 2. The Hall–Kier alpha value is -3.08. The summed E-state index contributed by atoms with van der Waals surface area (Å²) in [5.74, 6) is -0.0286. The molecule has 3 heterocycles. The van der Waals surface area contributed by atoms with Crippen LogP contribution in [-0.4, -0.2) is 46.0 Å². The van der Waals surface area contributed by atoms with Gasteiger partial charge in [0.1, 0.15) is 11.6 Å². The average Bonchev–Trinajstić information content (AvgIpc) is 3.28. The fourth-order valence-corrected chi connectivity index (χ4v) is 2.39. The van der Waals surface area contributed by atoms with Gasteiger partial charge in [-0.25, -0.2) is 15.0 Å². The molecule has 0 unspecified atom stereocenters. The molecule has 11 heteroatoms. The Morgan fingerprint density at radius 2 is 1.74 bits per heavy atom. The zero-order valence-corrected chi connectivity index (χ0v) is 12.6. The summed E-state index contributed by atoms with van der Waals surface area (Å²) >= 11 is 0.789. The van der Waals surface area contributed by atoms with E-state index in [9.17, 15) is 9.59 Å². The molecule has 23 heavy (non-hydrogen) atoms. The van der Waals surface area contributed by atoms with Crippen molar-refractivity contribution in [3.8, 4) is 0 Å². The van der Waals surface area contributed by atoms with Gasteiger partial charge in [-0.3, -0.25) is 9.59 Å². The van der Waals surface area contributed by atoms with Crippen LogP contribution in [0.4, 0.5) is 0 Å². The van der Waals surface area contributed by atoms with Crippen LogP contribution < -0.4 is 5.73 Å². The van der Waals surface area contributed by atoms with Crippen molar-refractivity contribution >= 4 is 23.3 Å². The lowest BCUT2D eigenvalue weighted by atomic mass is 10.4. The van der Waals surface area contributed by atoms with Gasteiger partial charge in [0.15, 0.2) is 0 Å². The Morgan fingerprint density at radius 3 is 2.17 bits per heavy atom. The Balaban J connectivity index is 1.83. The maximum atomic E-state index is 12.6. The molecule has 0 aliphatic heterocycles. The van der Waals surface area contributed by atoms with E-state index in [0.29, 0.717) is 11.6 Å². The molecule has 0 atom stereocenters. The number of carbonyl (C=O) groups excluding carboxylic acids is 2. The third-order valence-electron chi connectivity index (χ3n) is 2.91. The van der Waals surface area contributed by atoms with Crippen molar-refractivity contribution in [2.24, 2.45) is 5.73 Å². The molecule has 3 aromatic rings. The van der Waals surface area contributed by atoms with Gasteiger partial charge in [0.2, 0.25) is 10.8 Å². The van der Waals surface area contributed by atoms with Gasteiger partial charge in [-0.05, 0) is 11.5 Å². The van der Waals surface area contributed by atoms with Crippen LogP contribution in [-0.2, 0) is 13.1 Å². The van der Waals surface area contributed by atoms with E-state index < -0.39 is 11.8 Å². The van der Waals surface area contributed by atoms with Gasteiger partial charge in [0.25, 0.3) is 11.8 Å². The molecule has 3 aromatic heterocycles. The van der Waals surface area contributed by atoms with E-state index in [2.05, 4.69) is 29.3 Å². The molecule has 2 amide bonds. The zero-order chi connectivity index (χ0) is 16.2. The topological polar surface area (TPSA) is 147 Å². The summed E-state index contributed by atoms with van der Waals surface area (Å²) < 4.78 is 3.89. The minimum Gasteiger partial charge on any atom is -0.363 e. The number of nitrogens with zero attached hydrogens (tertiary/aromatic N) is 5. The molecular formula is C12H12N8O2S. The van der Waals surface area contributed by atoms with Crippen LogP contribution in [0.15, 0.2) is 24.8 Å². The third kappa shape index (κ3) is 3.40. The highest BCUT2D eigenvalue weighted by Crippen LogP contribution is 2.11. The molecule has 0 saturated heterocycles. The SMILES string of the molecule is NC(=O)c1nc(C(=O)N(Cc2ncc[nH]2)Cc2ncc[nH]2)ns1. The molecule has 3 rings (SSSR count). The normalized spacial score (nSPS) is 10.6. The van der Waals surface area contributed by atoms with E-state index in [0.717, 1.165) is 11.5 Å². The molecule has 0 aromatic carbocycles. The number of carbonyl (C=O) groups is 2. The van der Waals surface area contributed by atoms with Crippen molar-refractivity contribution in [3.63, 3.8) is 0 Å². The molecule has 0 aliphatic rings. The standard InChI is InChI=1S/C12H12N8O2S/c13-9(21)11-18-10(19-23-11)12(22)20(5-7-14-1-2-15-7)6-8-16-3-4-17-8/h1-4H,5-6H2,(H2,13,21)(H,14,15)(H,16,17). The Bertz CT molecular complexity index is 759. The summed E-state index contributed by atoms with van der Waals surface area (Å²) in [5, 5.41) is -0.00991. The molecule has 0 saturated carbocycles. The van der Waals surface area contributed by atoms with Crippen molar-refractivity contribution < 1.29 is 9.59 Å². The molecule has 0 fully saturated rings. The second-order valence-electron chi connectivity index (χ2n) is 4.52. The maximum Gasteiger partial charge on any atom is 0.293 e. The highest BCUT2D eigenvalue weighted by atomic mass is 32.1. The van der Waals surface area contributed by atoms with Crippen LogP contribution in [0.3, 0.4) is 0 Å². The number of nitrogens with one attached hydrogen (secondary N) is 2. The van der Waals surface area contributed by atoms with E-state index in [-0.39, 0.29) is 23.9 Å². The lowest BCUT2D eigenvalue weighted by Gasteiger charge is -2.18. The van der Waals surface area contributed by atoms with Gasteiger partial charge in [0, 0.05) is 24.8 Å². The monoisotopic (exact) mass is 332 g/mol. The van der Waals surface area contributed by atoms with E-state index in [1.807, 2.05) is 0 Å². The summed E-state index contributed by atoms with van der Waals surface area (Å²) in [6.45, 7) is 0.440. The van der Waals surface area contributed by atoms with Crippen molar-refractivity contribution in [3.05, 3.63) is 47.3 Å². The predicted octanol–water partition coefficient (Wildman–Crippen LogP) is -0.0742. The zero-order valence-electron chi connectivity index (χ0n) is 11.8. The number of primary amides is 1. The maximum absolute atomic E-state index is 12.6. The lowest BCUT2D eigenvalue weighted by molar-refractivity contribution is 0.0710. The van der Waals surface area contributed by atoms with E-state index in [4.69, 9.17) is 5.73 Å². The van der Waals surface area contributed by atoms with Crippen LogP contribution in [0.5, 0.6) is 0 Å². The average molecular weight is 332 g/mol. The van der Waals surface area contributed by atoms with Gasteiger partial charge in [-0.2, -0.15) is 4.37 Å². The molecule has 10 nitrogen and oxygen atoms in total. The summed E-state index contributed by atoms with van der Waals surface area (Å²) in [7, 11) is 0. The first kappa shape index (κ1) is 14.8. The van der Waals surface area contributed by atoms with E-state index >= 15 is 0 Å². The molecule has 0 aliphatic carbocycles. The van der Waals surface area contributed by atoms with Crippen LogP contribution in [0.1, 0.15) is 32.1 Å². The van der Waals surface area contributed by atoms with E-state index in [1.54, 1.807) is 24.8 Å². The van der Waals surface area contributed by atoms with Crippen molar-refractivity contribution in [2.45, 2.75) is 13.1 Å². The second kappa shape index (κ2) is 6.36. The Labute approximate surface area is 134 Å². The van der Waals surface area contributed by atoms with Crippen LogP contribution >= 0.6 is 11.5 Å². The number of nitrogens with two attached hydrogens (primary N) is 1. The van der Waals surface area contributed by atoms with E-state index in [1.165, 1.54) is 4.90 Å². The molecule has 0 spiro atoms. The molecule has 0 bridgehead atoms. The Morgan fingerprint density at radius 1 is 1.13 bits per heavy atom. The van der Waals surface area contributed by atoms with Gasteiger partial charge in [-0.15, -0.1) is 0 Å². The minimum absolute atomic E-state index is 0.00991. The van der Waals surface area contributed by atoms with Gasteiger partial charge < -0.3 is 20.6 Å². The van der Waals surface area contributed by atoms with Crippen molar-refractivity contribution in [2.75, 3.05) is 0 Å². The first-order valence-electron chi connectivity index (χ1n) is 6.53. The van der Waals surface area contributed by atoms with Gasteiger partial charge in [0.05, 0.1) is 13.1 Å². The summed E-state index contributed by atoms with van der Waals surface area (Å²) in [6.07, 6.45) is 6.52. The number of rotatable bonds is 6. The number of aromatic amines is 2. The number of hydrogen-bond acceptors (Lipinski definition) is 7. The molecule has 4 N–H and O–H groups in total. The second-order valence-corrected chi connectivity index (χ2v) is 5.27. The smallest absolute Gasteiger partial charge is 0.293 e. The molecule has 0 radical (unpaired) electrons. The number of aromatic nitrogens is 6.